The highest BCUT2D eigenvalue weighted by molar-refractivity contribution is 9.09. The molecule has 1 aromatic heterocycles. The monoisotopic (exact) mass is 300 g/mol. The molecule has 1 aliphatic carbocycles. The number of aryl methyl sites for hydroxylation is 2. The van der Waals surface area contributed by atoms with Crippen molar-refractivity contribution in [3.63, 3.8) is 0 Å². The van der Waals surface area contributed by atoms with Crippen LogP contribution in [-0.4, -0.2) is 22.3 Å². The molecule has 0 bridgehead atoms. The average molecular weight is 301 g/mol. The summed E-state index contributed by atoms with van der Waals surface area (Å²) in [5.41, 5.74) is 0.661. The summed E-state index contributed by atoms with van der Waals surface area (Å²) in [7, 11) is 0. The summed E-state index contributed by atoms with van der Waals surface area (Å²) in [4.78, 5) is 16.1. The lowest BCUT2D eigenvalue weighted by Gasteiger charge is -2.18. The van der Waals surface area contributed by atoms with Crippen molar-refractivity contribution in [2.24, 2.45) is 5.92 Å². The predicted octanol–water partition coefficient (Wildman–Crippen LogP) is 2.58. The molecule has 17 heavy (non-hydrogen) atoms. The Kier molecular flexibility index (Phi) is 3.86. The van der Waals surface area contributed by atoms with Crippen LogP contribution in [0.4, 0.5) is 0 Å². The van der Waals surface area contributed by atoms with Crippen molar-refractivity contribution in [3.05, 3.63) is 17.3 Å². The summed E-state index contributed by atoms with van der Waals surface area (Å²) in [5, 5.41) is 3.98. The number of amides is 1. The highest BCUT2D eigenvalue weighted by Crippen LogP contribution is 2.27. The molecule has 2 rings (SSSR count). The number of carbonyl (C=O) groups is 1. The number of aromatic nitrogens is 1. The normalized spacial score (nSPS) is 23.9. The fraction of sp³-hybridized carbons (Fsp3) is 0.667. The van der Waals surface area contributed by atoms with E-state index in [1.165, 1.54) is 12.8 Å². The van der Waals surface area contributed by atoms with Gasteiger partial charge in [-0.3, -0.25) is 4.79 Å². The highest BCUT2D eigenvalue weighted by Gasteiger charge is 2.29. The number of nitrogens with one attached hydrogen (secondary N) is 1. The van der Waals surface area contributed by atoms with Crippen LogP contribution in [0.25, 0.3) is 0 Å². The minimum absolute atomic E-state index is 0.138. The molecule has 94 valence electrons. The molecule has 2 unspecified atom stereocenters. The number of hydrogen-bond acceptors (Lipinski definition) is 3. The van der Waals surface area contributed by atoms with Gasteiger partial charge in [0.25, 0.3) is 5.91 Å². The summed E-state index contributed by atoms with van der Waals surface area (Å²) in [6, 6.07) is 0.256. The van der Waals surface area contributed by atoms with Crippen molar-refractivity contribution < 1.29 is 9.21 Å². The van der Waals surface area contributed by atoms with Crippen LogP contribution in [0.3, 0.4) is 0 Å². The summed E-state index contributed by atoms with van der Waals surface area (Å²) >= 11 is 3.49. The molecule has 1 aromatic rings. The van der Waals surface area contributed by atoms with Crippen LogP contribution in [0.15, 0.2) is 4.42 Å². The van der Waals surface area contributed by atoms with Gasteiger partial charge in [-0.05, 0) is 25.7 Å². The highest BCUT2D eigenvalue weighted by atomic mass is 79.9. The van der Waals surface area contributed by atoms with Gasteiger partial charge in [0.2, 0.25) is 5.76 Å². The molecule has 1 aliphatic rings. The Morgan fingerprint density at radius 1 is 1.53 bits per heavy atom. The lowest BCUT2D eigenvalue weighted by atomic mass is 10.1. The summed E-state index contributed by atoms with van der Waals surface area (Å²) in [6.07, 6.45) is 3.40. The van der Waals surface area contributed by atoms with Crippen LogP contribution < -0.4 is 5.32 Å². The van der Waals surface area contributed by atoms with Gasteiger partial charge in [0.1, 0.15) is 0 Å². The first-order chi connectivity index (χ1) is 8.11. The molecule has 1 saturated carbocycles. The van der Waals surface area contributed by atoms with Gasteiger partial charge in [0.15, 0.2) is 5.89 Å². The van der Waals surface area contributed by atoms with Crippen molar-refractivity contribution in [2.45, 2.75) is 39.2 Å². The van der Waals surface area contributed by atoms with E-state index >= 15 is 0 Å². The van der Waals surface area contributed by atoms with Crippen molar-refractivity contribution in [1.29, 1.82) is 0 Å². The van der Waals surface area contributed by atoms with Gasteiger partial charge < -0.3 is 9.73 Å². The van der Waals surface area contributed by atoms with E-state index in [0.29, 0.717) is 23.3 Å². The van der Waals surface area contributed by atoms with E-state index in [1.807, 2.05) is 0 Å². The number of halogens is 1. The molecule has 1 heterocycles. The van der Waals surface area contributed by atoms with Crippen LogP contribution in [0.1, 0.15) is 41.4 Å². The third-order valence-corrected chi connectivity index (χ3v) is 4.12. The fourth-order valence-corrected chi connectivity index (χ4v) is 3.16. The maximum atomic E-state index is 12.0. The fourth-order valence-electron chi connectivity index (χ4n) is 2.39. The Labute approximate surface area is 109 Å². The minimum Gasteiger partial charge on any atom is -0.436 e. The second kappa shape index (κ2) is 5.21. The summed E-state index contributed by atoms with van der Waals surface area (Å²) < 4.78 is 5.32. The molecular formula is C12H17BrN2O2. The molecule has 2 atom stereocenters. The van der Waals surface area contributed by atoms with Gasteiger partial charge in [-0.15, -0.1) is 0 Å². The Morgan fingerprint density at radius 2 is 2.29 bits per heavy atom. The second-order valence-corrected chi connectivity index (χ2v) is 5.22. The first kappa shape index (κ1) is 12.6. The molecule has 0 aromatic carbocycles. The van der Waals surface area contributed by atoms with Crippen molar-refractivity contribution >= 4 is 21.8 Å². The van der Waals surface area contributed by atoms with Crippen LogP contribution in [0, 0.1) is 19.8 Å². The third kappa shape index (κ3) is 2.70. The van der Waals surface area contributed by atoms with Crippen molar-refractivity contribution in [1.82, 2.24) is 10.3 Å². The topological polar surface area (TPSA) is 55.1 Å². The van der Waals surface area contributed by atoms with E-state index in [0.717, 1.165) is 11.8 Å². The van der Waals surface area contributed by atoms with E-state index in [9.17, 15) is 4.79 Å². The standard InChI is InChI=1S/C12H17BrN2O2/c1-7-11(17-8(2)14-7)12(16)15-10-5-3-4-9(10)6-13/h9-10H,3-6H2,1-2H3,(H,15,16). The molecule has 1 amide bonds. The largest absolute Gasteiger partial charge is 0.436 e. The molecule has 1 N–H and O–H groups in total. The first-order valence-corrected chi connectivity index (χ1v) is 7.05. The van der Waals surface area contributed by atoms with E-state index in [2.05, 4.69) is 26.2 Å². The van der Waals surface area contributed by atoms with Gasteiger partial charge in [0, 0.05) is 18.3 Å². The number of rotatable bonds is 3. The zero-order valence-electron chi connectivity index (χ0n) is 10.1. The number of hydrogen-bond donors (Lipinski definition) is 1. The van der Waals surface area contributed by atoms with Gasteiger partial charge in [-0.2, -0.15) is 0 Å². The van der Waals surface area contributed by atoms with Crippen molar-refractivity contribution in [2.75, 3.05) is 5.33 Å². The van der Waals surface area contributed by atoms with E-state index in [4.69, 9.17) is 4.42 Å². The SMILES string of the molecule is Cc1nc(C)c(C(=O)NC2CCCC2CBr)o1. The number of nitrogens with zero attached hydrogens (tertiary/aromatic N) is 1. The maximum Gasteiger partial charge on any atom is 0.289 e. The molecule has 1 fully saturated rings. The minimum atomic E-state index is -0.138. The van der Waals surface area contributed by atoms with Gasteiger partial charge in [-0.25, -0.2) is 4.98 Å². The average Bonchev–Trinajstić information content (AvgIpc) is 2.84. The van der Waals surface area contributed by atoms with Crippen LogP contribution in [0.2, 0.25) is 0 Å². The molecule has 5 heteroatoms. The Bertz CT molecular complexity index is 417. The van der Waals surface area contributed by atoms with Crippen LogP contribution in [-0.2, 0) is 0 Å². The third-order valence-electron chi connectivity index (χ3n) is 3.28. The number of oxazole rings is 1. The molecule has 0 saturated heterocycles. The van der Waals surface area contributed by atoms with E-state index in [-0.39, 0.29) is 11.9 Å². The van der Waals surface area contributed by atoms with Crippen molar-refractivity contribution in [3.8, 4) is 0 Å². The smallest absolute Gasteiger partial charge is 0.289 e. The Balaban J connectivity index is 2.04. The lowest BCUT2D eigenvalue weighted by Crippen LogP contribution is -2.38. The summed E-state index contributed by atoms with van der Waals surface area (Å²) in [6.45, 7) is 3.54. The van der Waals surface area contributed by atoms with Gasteiger partial charge in [0.05, 0.1) is 5.69 Å². The lowest BCUT2D eigenvalue weighted by molar-refractivity contribution is 0.0900. The summed E-state index contributed by atoms with van der Waals surface area (Å²) in [5.74, 6) is 1.28. The zero-order chi connectivity index (χ0) is 12.4. The first-order valence-electron chi connectivity index (χ1n) is 5.92. The maximum absolute atomic E-state index is 12.0. The van der Waals surface area contributed by atoms with Gasteiger partial charge >= 0.3 is 0 Å². The molecule has 0 spiro atoms. The molecular weight excluding hydrogens is 284 g/mol. The van der Waals surface area contributed by atoms with E-state index < -0.39 is 0 Å². The zero-order valence-corrected chi connectivity index (χ0v) is 11.7. The number of carbonyl (C=O) groups excluding carboxylic acids is 1. The quantitative estimate of drug-likeness (QED) is 0.873. The van der Waals surface area contributed by atoms with E-state index in [1.54, 1.807) is 13.8 Å². The molecule has 0 radical (unpaired) electrons. The van der Waals surface area contributed by atoms with Gasteiger partial charge in [-0.1, -0.05) is 22.4 Å². The van der Waals surface area contributed by atoms with Crippen LogP contribution in [0.5, 0.6) is 0 Å². The predicted molar refractivity (Wildman–Crippen MR) is 68.4 cm³/mol. The molecule has 4 nitrogen and oxygen atoms in total. The number of alkyl halides is 1. The Hall–Kier alpha value is -0.840. The van der Waals surface area contributed by atoms with Crippen LogP contribution >= 0.6 is 15.9 Å². The Morgan fingerprint density at radius 3 is 2.88 bits per heavy atom. The second-order valence-electron chi connectivity index (χ2n) is 4.57. The molecule has 0 aliphatic heterocycles.